The molecule has 1 fully saturated rings. The van der Waals surface area contributed by atoms with Gasteiger partial charge in [0.25, 0.3) is 0 Å². The SMILES string of the molecule is Nc1cc(-c2cnc(Cl)c(NCC3CCOCC3)c2)c(Cl)cn1. The van der Waals surface area contributed by atoms with Crippen LogP contribution in [0.25, 0.3) is 11.1 Å². The van der Waals surface area contributed by atoms with Gasteiger partial charge in [0.05, 0.1) is 10.7 Å². The van der Waals surface area contributed by atoms with Crippen LogP contribution >= 0.6 is 23.2 Å². The smallest absolute Gasteiger partial charge is 0.152 e. The van der Waals surface area contributed by atoms with Crippen molar-refractivity contribution in [3.63, 3.8) is 0 Å². The number of pyridine rings is 2. The first-order valence-electron chi connectivity index (χ1n) is 7.52. The summed E-state index contributed by atoms with van der Waals surface area (Å²) in [6.07, 6.45) is 5.34. The number of nitrogens with two attached hydrogens (primary N) is 1. The molecule has 1 saturated heterocycles. The second-order valence-corrected chi connectivity index (χ2v) is 6.35. The zero-order valence-electron chi connectivity index (χ0n) is 12.6. The third-order valence-electron chi connectivity index (χ3n) is 3.95. The quantitative estimate of drug-likeness (QED) is 0.817. The molecule has 0 radical (unpaired) electrons. The van der Waals surface area contributed by atoms with E-state index in [0.29, 0.717) is 21.9 Å². The summed E-state index contributed by atoms with van der Waals surface area (Å²) in [5.41, 5.74) is 8.18. The maximum Gasteiger partial charge on any atom is 0.152 e. The van der Waals surface area contributed by atoms with Crippen LogP contribution < -0.4 is 11.1 Å². The van der Waals surface area contributed by atoms with E-state index in [0.717, 1.165) is 49.4 Å². The normalized spacial score (nSPS) is 15.6. The van der Waals surface area contributed by atoms with Crippen molar-refractivity contribution in [3.05, 3.63) is 34.7 Å². The summed E-state index contributed by atoms with van der Waals surface area (Å²) in [4.78, 5) is 8.22. The van der Waals surface area contributed by atoms with Crippen molar-refractivity contribution in [2.75, 3.05) is 30.8 Å². The molecule has 1 aliphatic heterocycles. The van der Waals surface area contributed by atoms with E-state index in [9.17, 15) is 0 Å². The Labute approximate surface area is 145 Å². The summed E-state index contributed by atoms with van der Waals surface area (Å²) in [5, 5.41) is 4.36. The van der Waals surface area contributed by atoms with Crippen LogP contribution in [-0.2, 0) is 4.74 Å². The highest BCUT2D eigenvalue weighted by atomic mass is 35.5. The first-order chi connectivity index (χ1) is 11.1. The Morgan fingerprint density at radius 2 is 1.96 bits per heavy atom. The number of nitrogen functional groups attached to an aromatic ring is 1. The van der Waals surface area contributed by atoms with Crippen molar-refractivity contribution in [3.8, 4) is 11.1 Å². The molecule has 23 heavy (non-hydrogen) atoms. The van der Waals surface area contributed by atoms with Gasteiger partial charge in [0, 0.05) is 43.3 Å². The average Bonchev–Trinajstić information content (AvgIpc) is 2.57. The molecule has 0 unspecified atom stereocenters. The Hall–Kier alpha value is -1.56. The van der Waals surface area contributed by atoms with Crippen LogP contribution in [0.4, 0.5) is 11.5 Å². The molecule has 3 rings (SSSR count). The van der Waals surface area contributed by atoms with Crippen LogP contribution in [0, 0.1) is 5.92 Å². The van der Waals surface area contributed by atoms with Gasteiger partial charge in [0.15, 0.2) is 5.15 Å². The minimum atomic E-state index is 0.413. The van der Waals surface area contributed by atoms with Gasteiger partial charge in [-0.3, -0.25) is 0 Å². The minimum Gasteiger partial charge on any atom is -0.384 e. The van der Waals surface area contributed by atoms with E-state index in [1.165, 1.54) is 6.20 Å². The molecular weight excluding hydrogens is 335 g/mol. The molecule has 122 valence electrons. The van der Waals surface area contributed by atoms with Gasteiger partial charge in [-0.1, -0.05) is 23.2 Å². The molecule has 0 amide bonds. The number of nitrogens with one attached hydrogen (secondary N) is 1. The van der Waals surface area contributed by atoms with Gasteiger partial charge in [0.1, 0.15) is 5.82 Å². The van der Waals surface area contributed by atoms with Gasteiger partial charge in [-0.25, -0.2) is 9.97 Å². The van der Waals surface area contributed by atoms with Crippen LogP contribution in [0.1, 0.15) is 12.8 Å². The summed E-state index contributed by atoms with van der Waals surface area (Å²) in [7, 11) is 0. The molecule has 0 aliphatic carbocycles. The number of anilines is 2. The monoisotopic (exact) mass is 352 g/mol. The van der Waals surface area contributed by atoms with Crippen molar-refractivity contribution in [1.82, 2.24) is 9.97 Å². The number of rotatable bonds is 4. The molecule has 5 nitrogen and oxygen atoms in total. The highest BCUT2D eigenvalue weighted by Crippen LogP contribution is 2.32. The van der Waals surface area contributed by atoms with E-state index in [-0.39, 0.29) is 0 Å². The second-order valence-electron chi connectivity index (χ2n) is 5.59. The summed E-state index contributed by atoms with van der Waals surface area (Å²) in [5.74, 6) is 1.000. The molecule has 3 heterocycles. The van der Waals surface area contributed by atoms with Crippen molar-refractivity contribution >= 4 is 34.7 Å². The largest absolute Gasteiger partial charge is 0.384 e. The summed E-state index contributed by atoms with van der Waals surface area (Å²) in [6, 6.07) is 3.67. The number of ether oxygens (including phenoxy) is 1. The molecule has 7 heteroatoms. The minimum absolute atomic E-state index is 0.413. The molecule has 0 saturated carbocycles. The molecule has 2 aromatic heterocycles. The van der Waals surface area contributed by atoms with Crippen LogP contribution in [0.15, 0.2) is 24.5 Å². The van der Waals surface area contributed by atoms with Gasteiger partial charge in [0.2, 0.25) is 0 Å². The van der Waals surface area contributed by atoms with Gasteiger partial charge in [-0.05, 0) is 30.9 Å². The molecule has 1 aliphatic rings. The molecule has 0 spiro atoms. The Kier molecular flexibility index (Phi) is 5.20. The van der Waals surface area contributed by atoms with Crippen molar-refractivity contribution in [2.24, 2.45) is 5.92 Å². The number of hydrogen-bond acceptors (Lipinski definition) is 5. The molecule has 2 aromatic rings. The lowest BCUT2D eigenvalue weighted by molar-refractivity contribution is 0.0699. The van der Waals surface area contributed by atoms with E-state index in [1.807, 2.05) is 6.07 Å². The van der Waals surface area contributed by atoms with Crippen LogP contribution in [-0.4, -0.2) is 29.7 Å². The lowest BCUT2D eigenvalue weighted by Gasteiger charge is -2.23. The Morgan fingerprint density at radius 1 is 1.17 bits per heavy atom. The van der Waals surface area contributed by atoms with Gasteiger partial charge < -0.3 is 15.8 Å². The zero-order valence-corrected chi connectivity index (χ0v) is 14.1. The van der Waals surface area contributed by atoms with E-state index < -0.39 is 0 Å². The molecule has 0 atom stereocenters. The van der Waals surface area contributed by atoms with E-state index in [4.69, 9.17) is 33.7 Å². The third-order valence-corrected chi connectivity index (χ3v) is 4.55. The van der Waals surface area contributed by atoms with Gasteiger partial charge in [-0.15, -0.1) is 0 Å². The Bertz CT molecular complexity index is 690. The first kappa shape index (κ1) is 16.3. The standard InChI is InChI=1S/C16H18Cl2N4O/c17-13-9-21-15(19)6-12(13)11-5-14(16(18)22-8-11)20-7-10-1-3-23-4-2-10/h5-6,8-10,20H,1-4,7H2,(H2,19,21). The predicted octanol–water partition coefficient (Wildman–Crippen LogP) is 3.87. The zero-order chi connectivity index (χ0) is 16.2. The fourth-order valence-electron chi connectivity index (χ4n) is 2.60. The highest BCUT2D eigenvalue weighted by Gasteiger charge is 2.15. The first-order valence-corrected chi connectivity index (χ1v) is 8.27. The predicted molar refractivity (Wildman–Crippen MR) is 93.9 cm³/mol. The topological polar surface area (TPSA) is 73.1 Å². The number of aromatic nitrogens is 2. The fraction of sp³-hybridized carbons (Fsp3) is 0.375. The van der Waals surface area contributed by atoms with Crippen LogP contribution in [0.3, 0.4) is 0 Å². The summed E-state index contributed by atoms with van der Waals surface area (Å²) in [6.45, 7) is 2.50. The summed E-state index contributed by atoms with van der Waals surface area (Å²) < 4.78 is 5.38. The average molecular weight is 353 g/mol. The van der Waals surface area contributed by atoms with Crippen molar-refractivity contribution in [1.29, 1.82) is 0 Å². The van der Waals surface area contributed by atoms with Crippen molar-refractivity contribution in [2.45, 2.75) is 12.8 Å². The molecule has 0 bridgehead atoms. The molecule has 3 N–H and O–H groups in total. The second kappa shape index (κ2) is 7.34. The number of nitrogens with zero attached hydrogens (tertiary/aromatic N) is 2. The maximum atomic E-state index is 6.21. The van der Waals surface area contributed by atoms with E-state index in [2.05, 4.69) is 15.3 Å². The van der Waals surface area contributed by atoms with Crippen molar-refractivity contribution < 1.29 is 4.74 Å². The molecular formula is C16H18Cl2N4O. The van der Waals surface area contributed by atoms with Gasteiger partial charge >= 0.3 is 0 Å². The fourth-order valence-corrected chi connectivity index (χ4v) is 2.98. The highest BCUT2D eigenvalue weighted by molar-refractivity contribution is 6.33. The van der Waals surface area contributed by atoms with E-state index in [1.54, 1.807) is 12.3 Å². The Morgan fingerprint density at radius 3 is 2.74 bits per heavy atom. The third kappa shape index (κ3) is 4.05. The number of halogens is 2. The van der Waals surface area contributed by atoms with Gasteiger partial charge in [-0.2, -0.15) is 0 Å². The van der Waals surface area contributed by atoms with Crippen LogP contribution in [0.5, 0.6) is 0 Å². The number of hydrogen-bond donors (Lipinski definition) is 2. The lowest BCUT2D eigenvalue weighted by atomic mass is 10.0. The van der Waals surface area contributed by atoms with Crippen LogP contribution in [0.2, 0.25) is 10.2 Å². The lowest BCUT2D eigenvalue weighted by Crippen LogP contribution is -2.22. The Balaban J connectivity index is 1.79. The summed E-state index contributed by atoms with van der Waals surface area (Å²) >= 11 is 12.4. The molecule has 0 aromatic carbocycles. The van der Waals surface area contributed by atoms with E-state index >= 15 is 0 Å². The maximum absolute atomic E-state index is 6.21.